The largest absolute Gasteiger partial charge is 0.352 e. The summed E-state index contributed by atoms with van der Waals surface area (Å²) in [5.74, 6) is 5.93. The van der Waals surface area contributed by atoms with Crippen molar-refractivity contribution in [2.45, 2.75) is 13.5 Å². The lowest BCUT2D eigenvalue weighted by atomic mass is 10.1. The number of carbonyl (C=O) groups is 2. The van der Waals surface area contributed by atoms with Gasteiger partial charge in [-0.2, -0.15) is 0 Å². The lowest BCUT2D eigenvalue weighted by Crippen LogP contribution is -2.19. The van der Waals surface area contributed by atoms with E-state index >= 15 is 0 Å². The van der Waals surface area contributed by atoms with Gasteiger partial charge in [-0.25, -0.2) is 0 Å². The van der Waals surface area contributed by atoms with Crippen LogP contribution in [0.4, 0.5) is 5.69 Å². The van der Waals surface area contributed by atoms with E-state index in [2.05, 4.69) is 22.5 Å². The maximum absolute atomic E-state index is 12.5. The average Bonchev–Trinajstić information content (AvgIpc) is 2.72. The fraction of sp³-hybridized carbons (Fsp3) is 0.0833. The molecular weight excluding hydrogens is 348 g/mol. The smallest absolute Gasteiger partial charge is 0.255 e. The minimum Gasteiger partial charge on any atom is -0.352 e. The summed E-state index contributed by atoms with van der Waals surface area (Å²) in [5.41, 5.74) is 3.94. The van der Waals surface area contributed by atoms with Crippen LogP contribution in [0.15, 0.2) is 78.9 Å². The molecule has 138 valence electrons. The molecule has 0 unspecified atom stereocenters. The Hall–Kier alpha value is -3.84. The van der Waals surface area contributed by atoms with Gasteiger partial charge >= 0.3 is 0 Å². The Morgan fingerprint density at radius 2 is 1.50 bits per heavy atom. The molecule has 2 N–H and O–H groups in total. The minimum absolute atomic E-state index is 0.0861. The highest BCUT2D eigenvalue weighted by Crippen LogP contribution is 2.13. The molecular formula is C24H20N2O2. The van der Waals surface area contributed by atoms with E-state index in [0.717, 1.165) is 16.7 Å². The van der Waals surface area contributed by atoms with Gasteiger partial charge in [-0.05, 0) is 48.0 Å². The normalized spacial score (nSPS) is 9.75. The molecule has 0 fully saturated rings. The number of rotatable bonds is 4. The molecule has 0 spiro atoms. The van der Waals surface area contributed by atoms with Crippen LogP contribution in [0.1, 0.15) is 34.0 Å². The van der Waals surface area contributed by atoms with Crippen LogP contribution in [-0.2, 0) is 11.3 Å². The van der Waals surface area contributed by atoms with Crippen LogP contribution in [0.25, 0.3) is 0 Å². The molecule has 0 aliphatic rings. The number of carbonyl (C=O) groups excluding carboxylic acids is 2. The standard InChI is InChI=1S/C24H20N2O2/c1-18(27)25-17-21-12-14-22(15-13-21)24(28)26-23-9-5-8-20(16-23)11-10-19-6-3-2-4-7-19/h2-9,12-16H,17H2,1H3,(H,25,27)(H,26,28). The molecule has 0 saturated heterocycles. The lowest BCUT2D eigenvalue weighted by molar-refractivity contribution is -0.119. The molecule has 0 radical (unpaired) electrons. The maximum atomic E-state index is 12.5. The van der Waals surface area contributed by atoms with Gasteiger partial charge in [0.15, 0.2) is 0 Å². The fourth-order valence-electron chi connectivity index (χ4n) is 2.54. The summed E-state index contributed by atoms with van der Waals surface area (Å²) in [6, 6.07) is 24.3. The highest BCUT2D eigenvalue weighted by molar-refractivity contribution is 6.04. The van der Waals surface area contributed by atoms with E-state index < -0.39 is 0 Å². The molecule has 4 heteroatoms. The van der Waals surface area contributed by atoms with Crippen molar-refractivity contribution in [3.63, 3.8) is 0 Å². The van der Waals surface area contributed by atoms with Crippen molar-refractivity contribution in [2.24, 2.45) is 0 Å². The topological polar surface area (TPSA) is 58.2 Å². The Morgan fingerprint density at radius 1 is 0.821 bits per heavy atom. The van der Waals surface area contributed by atoms with Crippen LogP contribution in [0, 0.1) is 11.8 Å². The first-order valence-corrected chi connectivity index (χ1v) is 8.92. The fourth-order valence-corrected chi connectivity index (χ4v) is 2.54. The highest BCUT2D eigenvalue weighted by atomic mass is 16.2. The first-order chi connectivity index (χ1) is 13.6. The summed E-state index contributed by atoms with van der Waals surface area (Å²) in [6.45, 7) is 1.92. The van der Waals surface area contributed by atoms with Gasteiger partial charge in [-0.15, -0.1) is 0 Å². The van der Waals surface area contributed by atoms with Crippen molar-refractivity contribution >= 4 is 17.5 Å². The van der Waals surface area contributed by atoms with E-state index in [1.807, 2.05) is 66.7 Å². The predicted molar refractivity (Wildman–Crippen MR) is 111 cm³/mol. The van der Waals surface area contributed by atoms with E-state index in [1.54, 1.807) is 12.1 Å². The molecule has 0 aliphatic carbocycles. The number of benzene rings is 3. The van der Waals surface area contributed by atoms with Crippen molar-refractivity contribution in [2.75, 3.05) is 5.32 Å². The summed E-state index contributed by atoms with van der Waals surface area (Å²) in [4.78, 5) is 23.4. The van der Waals surface area contributed by atoms with Crippen LogP contribution in [0.3, 0.4) is 0 Å². The third kappa shape index (κ3) is 5.58. The van der Waals surface area contributed by atoms with Gasteiger partial charge in [-0.1, -0.05) is 48.2 Å². The number of amides is 2. The zero-order chi connectivity index (χ0) is 19.8. The molecule has 3 aromatic carbocycles. The molecule has 3 aromatic rings. The quantitative estimate of drug-likeness (QED) is 0.685. The van der Waals surface area contributed by atoms with Gasteiger partial charge < -0.3 is 10.6 Å². The summed E-state index contributed by atoms with van der Waals surface area (Å²) in [5, 5.41) is 5.62. The first kappa shape index (κ1) is 18.9. The Bertz CT molecular complexity index is 1030. The summed E-state index contributed by atoms with van der Waals surface area (Å²) >= 11 is 0. The maximum Gasteiger partial charge on any atom is 0.255 e. The van der Waals surface area contributed by atoms with E-state index in [0.29, 0.717) is 17.8 Å². The van der Waals surface area contributed by atoms with Gasteiger partial charge in [0.2, 0.25) is 5.91 Å². The molecule has 0 aromatic heterocycles. The second kappa shape index (κ2) is 9.20. The second-order valence-corrected chi connectivity index (χ2v) is 6.26. The average molecular weight is 368 g/mol. The van der Waals surface area contributed by atoms with Crippen molar-refractivity contribution in [3.8, 4) is 11.8 Å². The van der Waals surface area contributed by atoms with Crippen LogP contribution in [-0.4, -0.2) is 11.8 Å². The van der Waals surface area contributed by atoms with Gasteiger partial charge in [0, 0.05) is 35.8 Å². The van der Waals surface area contributed by atoms with Crippen molar-refractivity contribution < 1.29 is 9.59 Å². The Kier molecular flexibility index (Phi) is 6.22. The molecule has 0 atom stereocenters. The molecule has 0 heterocycles. The van der Waals surface area contributed by atoms with E-state index in [-0.39, 0.29) is 11.8 Å². The molecule has 2 amide bonds. The second-order valence-electron chi connectivity index (χ2n) is 6.26. The number of anilines is 1. The van der Waals surface area contributed by atoms with Gasteiger partial charge in [0.05, 0.1) is 0 Å². The number of nitrogens with one attached hydrogen (secondary N) is 2. The van der Waals surface area contributed by atoms with E-state index in [4.69, 9.17) is 0 Å². The van der Waals surface area contributed by atoms with Crippen molar-refractivity contribution in [1.82, 2.24) is 5.32 Å². The molecule has 3 rings (SSSR count). The summed E-state index contributed by atoms with van der Waals surface area (Å²) < 4.78 is 0. The van der Waals surface area contributed by atoms with Crippen molar-refractivity contribution in [1.29, 1.82) is 0 Å². The molecule has 0 bridgehead atoms. The van der Waals surface area contributed by atoms with Crippen LogP contribution >= 0.6 is 0 Å². The van der Waals surface area contributed by atoms with Crippen LogP contribution < -0.4 is 10.6 Å². The van der Waals surface area contributed by atoms with Gasteiger partial charge in [0.25, 0.3) is 5.91 Å². The Morgan fingerprint density at radius 3 is 2.21 bits per heavy atom. The zero-order valence-corrected chi connectivity index (χ0v) is 15.5. The first-order valence-electron chi connectivity index (χ1n) is 8.92. The molecule has 28 heavy (non-hydrogen) atoms. The number of hydrogen-bond acceptors (Lipinski definition) is 2. The van der Waals surface area contributed by atoms with Crippen molar-refractivity contribution in [3.05, 3.63) is 101 Å². The molecule has 4 nitrogen and oxygen atoms in total. The Labute approximate surface area is 164 Å². The number of hydrogen-bond donors (Lipinski definition) is 2. The van der Waals surface area contributed by atoms with Gasteiger partial charge in [0.1, 0.15) is 0 Å². The molecule has 0 aliphatic heterocycles. The summed E-state index contributed by atoms with van der Waals surface area (Å²) in [6.07, 6.45) is 0. The monoisotopic (exact) mass is 368 g/mol. The van der Waals surface area contributed by atoms with E-state index in [1.165, 1.54) is 6.92 Å². The molecule has 0 saturated carbocycles. The zero-order valence-electron chi connectivity index (χ0n) is 15.5. The van der Waals surface area contributed by atoms with E-state index in [9.17, 15) is 9.59 Å². The van der Waals surface area contributed by atoms with Crippen LogP contribution in [0.2, 0.25) is 0 Å². The predicted octanol–water partition coefficient (Wildman–Crippen LogP) is 3.97. The minimum atomic E-state index is -0.195. The lowest BCUT2D eigenvalue weighted by Gasteiger charge is -2.07. The highest BCUT2D eigenvalue weighted by Gasteiger charge is 2.06. The van der Waals surface area contributed by atoms with Crippen LogP contribution in [0.5, 0.6) is 0 Å². The van der Waals surface area contributed by atoms with Gasteiger partial charge in [-0.3, -0.25) is 9.59 Å². The summed E-state index contributed by atoms with van der Waals surface area (Å²) in [7, 11) is 0. The Balaban J connectivity index is 1.66. The SMILES string of the molecule is CC(=O)NCc1ccc(C(=O)Nc2cccc(C#Cc3ccccc3)c2)cc1. The third-order valence-electron chi connectivity index (χ3n) is 4.00. The third-order valence-corrected chi connectivity index (χ3v) is 4.00.